The van der Waals surface area contributed by atoms with Crippen LogP contribution >= 0.6 is 0 Å². The minimum Gasteiger partial charge on any atom is -0.480 e. The van der Waals surface area contributed by atoms with E-state index >= 15 is 0 Å². The van der Waals surface area contributed by atoms with E-state index in [-0.39, 0.29) is 24.0 Å². The number of carbonyl (C=O) groups is 1. The van der Waals surface area contributed by atoms with E-state index in [1.54, 1.807) is 0 Å². The molecule has 1 N–H and O–H groups in total. The summed E-state index contributed by atoms with van der Waals surface area (Å²) in [4.78, 5) is 31.6. The number of ether oxygens (including phenoxy) is 1. The van der Waals surface area contributed by atoms with Crippen molar-refractivity contribution in [1.82, 2.24) is 18.9 Å². The van der Waals surface area contributed by atoms with Gasteiger partial charge in [-0.3, -0.25) is 14.0 Å². The number of rotatable bonds is 1. The third-order valence-corrected chi connectivity index (χ3v) is 3.54. The molecule has 3 aromatic heterocycles. The molecule has 128 valence electrons. The maximum absolute atomic E-state index is 13.1. The number of fused-ring (bicyclic) bond motifs is 2. The van der Waals surface area contributed by atoms with Crippen molar-refractivity contribution in [3.05, 3.63) is 46.6 Å². The number of hydrogen-bond acceptors (Lipinski definition) is 5. The first-order chi connectivity index (χ1) is 11.8. The highest BCUT2D eigenvalue weighted by atomic mass is 19.4. The Labute approximate surface area is 136 Å². The van der Waals surface area contributed by atoms with E-state index in [9.17, 15) is 22.8 Å². The second kappa shape index (κ2) is 5.06. The van der Waals surface area contributed by atoms with Crippen LogP contribution in [0, 0.1) is 0 Å². The lowest BCUT2D eigenvalue weighted by Gasteiger charge is -2.18. The minimum absolute atomic E-state index is 0.000487. The Balaban J connectivity index is 1.96. The molecule has 0 saturated carbocycles. The second-order valence-electron chi connectivity index (χ2n) is 5.15. The molecule has 3 aromatic rings. The highest BCUT2D eigenvalue weighted by Gasteiger charge is 2.35. The molecule has 1 aliphatic heterocycles. The molecular formula is C14H8F3N5O3. The molecule has 0 saturated heterocycles. The van der Waals surface area contributed by atoms with E-state index in [2.05, 4.69) is 15.3 Å². The van der Waals surface area contributed by atoms with Gasteiger partial charge >= 0.3 is 6.18 Å². The lowest BCUT2D eigenvalue weighted by atomic mass is 10.3. The van der Waals surface area contributed by atoms with Crippen LogP contribution < -0.4 is 15.6 Å². The maximum Gasteiger partial charge on any atom is 0.432 e. The van der Waals surface area contributed by atoms with E-state index in [1.807, 2.05) is 0 Å². The third kappa shape index (κ3) is 2.40. The van der Waals surface area contributed by atoms with Gasteiger partial charge in [0.05, 0.1) is 0 Å². The summed E-state index contributed by atoms with van der Waals surface area (Å²) in [7, 11) is 0. The molecule has 0 spiro atoms. The summed E-state index contributed by atoms with van der Waals surface area (Å²) in [5.74, 6) is -0.314. The molecule has 8 nitrogen and oxygen atoms in total. The fourth-order valence-electron chi connectivity index (χ4n) is 2.51. The molecule has 4 heterocycles. The minimum atomic E-state index is -4.72. The monoisotopic (exact) mass is 351 g/mol. The Morgan fingerprint density at radius 1 is 1.24 bits per heavy atom. The van der Waals surface area contributed by atoms with Crippen molar-refractivity contribution >= 4 is 17.5 Å². The molecule has 0 aliphatic carbocycles. The van der Waals surface area contributed by atoms with Gasteiger partial charge in [0.2, 0.25) is 5.78 Å². The van der Waals surface area contributed by atoms with Gasteiger partial charge in [0.15, 0.2) is 18.2 Å². The van der Waals surface area contributed by atoms with Crippen LogP contribution in [0.3, 0.4) is 0 Å². The summed E-state index contributed by atoms with van der Waals surface area (Å²) in [6, 6.07) is 3.31. The molecule has 1 amide bonds. The molecule has 0 radical (unpaired) electrons. The number of amides is 1. The lowest BCUT2D eigenvalue weighted by molar-refractivity contribution is -0.142. The molecule has 0 bridgehead atoms. The normalized spacial score (nSPS) is 14.1. The summed E-state index contributed by atoms with van der Waals surface area (Å²) < 4.78 is 46.1. The summed E-state index contributed by atoms with van der Waals surface area (Å²) >= 11 is 0. The van der Waals surface area contributed by atoms with Gasteiger partial charge in [0.1, 0.15) is 11.5 Å². The molecule has 4 rings (SSSR count). The molecular weight excluding hydrogens is 343 g/mol. The van der Waals surface area contributed by atoms with E-state index < -0.39 is 23.3 Å². The Hall–Kier alpha value is -3.37. The van der Waals surface area contributed by atoms with E-state index in [4.69, 9.17) is 4.74 Å². The number of carbonyl (C=O) groups excluding carboxylic acids is 1. The van der Waals surface area contributed by atoms with Gasteiger partial charge in [-0.15, -0.1) is 0 Å². The number of halogens is 3. The number of nitrogens with one attached hydrogen (secondary N) is 1. The topological polar surface area (TPSA) is 90.5 Å². The van der Waals surface area contributed by atoms with Crippen LogP contribution in [0.4, 0.5) is 19.0 Å². The molecule has 0 atom stereocenters. The molecule has 25 heavy (non-hydrogen) atoms. The maximum atomic E-state index is 13.1. The standard InChI is InChI=1S/C14H8F3N5O3/c15-14(16,17)8-5-11(24)22(13-18-3-4-21(8)13)9-2-1-7-12(19-9)20-10(23)6-25-7/h1-5H,6H2,(H,19,20,23). The zero-order chi connectivity index (χ0) is 17.8. The Morgan fingerprint density at radius 2 is 2.04 bits per heavy atom. The van der Waals surface area contributed by atoms with Crippen molar-refractivity contribution < 1.29 is 22.7 Å². The lowest BCUT2D eigenvalue weighted by Crippen LogP contribution is -2.28. The Morgan fingerprint density at radius 3 is 2.80 bits per heavy atom. The number of aromatic nitrogens is 4. The van der Waals surface area contributed by atoms with Gasteiger partial charge < -0.3 is 10.1 Å². The van der Waals surface area contributed by atoms with Crippen molar-refractivity contribution in [2.75, 3.05) is 11.9 Å². The van der Waals surface area contributed by atoms with Crippen molar-refractivity contribution in [2.24, 2.45) is 0 Å². The molecule has 0 fully saturated rings. The van der Waals surface area contributed by atoms with Gasteiger partial charge in [0, 0.05) is 18.5 Å². The van der Waals surface area contributed by atoms with Gasteiger partial charge in [0.25, 0.3) is 11.5 Å². The van der Waals surface area contributed by atoms with Crippen LogP contribution in [0.15, 0.2) is 35.4 Å². The predicted octanol–water partition coefficient (Wildman–Crippen LogP) is 1.23. The van der Waals surface area contributed by atoms with Gasteiger partial charge in [-0.1, -0.05) is 0 Å². The van der Waals surface area contributed by atoms with Gasteiger partial charge in [-0.2, -0.15) is 13.2 Å². The van der Waals surface area contributed by atoms with Gasteiger partial charge in [-0.05, 0) is 12.1 Å². The highest BCUT2D eigenvalue weighted by molar-refractivity contribution is 5.94. The number of alkyl halides is 3. The number of imidazole rings is 1. The predicted molar refractivity (Wildman–Crippen MR) is 77.7 cm³/mol. The van der Waals surface area contributed by atoms with Crippen LogP contribution in [0.2, 0.25) is 0 Å². The molecule has 1 aliphatic rings. The number of nitrogens with zero attached hydrogens (tertiary/aromatic N) is 4. The summed E-state index contributed by atoms with van der Waals surface area (Å²) in [5, 5.41) is 2.47. The van der Waals surface area contributed by atoms with Crippen LogP contribution in [0.25, 0.3) is 11.6 Å². The van der Waals surface area contributed by atoms with Crippen molar-refractivity contribution in [1.29, 1.82) is 0 Å². The summed E-state index contributed by atoms with van der Waals surface area (Å²) in [5.41, 5.74) is -2.10. The summed E-state index contributed by atoms with van der Waals surface area (Å²) in [6.07, 6.45) is -2.48. The van der Waals surface area contributed by atoms with Crippen LogP contribution in [0.1, 0.15) is 5.69 Å². The van der Waals surface area contributed by atoms with E-state index in [0.29, 0.717) is 11.8 Å². The van der Waals surface area contributed by atoms with Crippen molar-refractivity contribution in [2.45, 2.75) is 6.18 Å². The number of hydrogen-bond donors (Lipinski definition) is 1. The number of anilines is 1. The smallest absolute Gasteiger partial charge is 0.432 e. The molecule has 0 aromatic carbocycles. The van der Waals surface area contributed by atoms with Crippen molar-refractivity contribution in [3.63, 3.8) is 0 Å². The van der Waals surface area contributed by atoms with Crippen LogP contribution in [-0.2, 0) is 11.0 Å². The Bertz CT molecular complexity index is 1070. The molecule has 11 heteroatoms. The highest BCUT2D eigenvalue weighted by Crippen LogP contribution is 2.30. The third-order valence-electron chi connectivity index (χ3n) is 3.54. The fourth-order valence-corrected chi connectivity index (χ4v) is 2.51. The zero-order valence-electron chi connectivity index (χ0n) is 12.2. The summed E-state index contributed by atoms with van der Waals surface area (Å²) in [6.45, 7) is -0.168. The first-order valence-corrected chi connectivity index (χ1v) is 6.95. The number of pyridine rings is 1. The Kier molecular flexibility index (Phi) is 3.07. The largest absolute Gasteiger partial charge is 0.480 e. The molecule has 0 unspecified atom stereocenters. The first kappa shape index (κ1) is 15.2. The van der Waals surface area contributed by atoms with E-state index in [1.165, 1.54) is 12.1 Å². The average molecular weight is 351 g/mol. The SMILES string of the molecule is O=C1COc2ccc(-n3c(=O)cc(C(F)(F)F)n4ccnc34)nc2N1. The van der Waals surface area contributed by atoms with Crippen molar-refractivity contribution in [3.8, 4) is 11.6 Å². The first-order valence-electron chi connectivity index (χ1n) is 6.95. The fraction of sp³-hybridized carbons (Fsp3) is 0.143. The van der Waals surface area contributed by atoms with E-state index in [0.717, 1.165) is 21.4 Å². The average Bonchev–Trinajstić information content (AvgIpc) is 3.01. The van der Waals surface area contributed by atoms with Crippen LogP contribution in [-0.4, -0.2) is 31.4 Å². The van der Waals surface area contributed by atoms with Gasteiger partial charge in [-0.25, -0.2) is 14.5 Å². The second-order valence-corrected chi connectivity index (χ2v) is 5.15. The quantitative estimate of drug-likeness (QED) is 0.712. The zero-order valence-corrected chi connectivity index (χ0v) is 12.2. The van der Waals surface area contributed by atoms with Crippen LogP contribution in [0.5, 0.6) is 5.75 Å².